The van der Waals surface area contributed by atoms with Crippen molar-refractivity contribution in [1.29, 1.82) is 0 Å². The van der Waals surface area contributed by atoms with Crippen LogP contribution in [0, 0.1) is 0 Å². The highest BCUT2D eigenvalue weighted by molar-refractivity contribution is 5.76. The Labute approximate surface area is 324 Å². The first kappa shape index (κ1) is 50.6. The summed E-state index contributed by atoms with van der Waals surface area (Å²) in [4.78, 5) is 12.4. The zero-order valence-corrected chi connectivity index (χ0v) is 34.7. The summed E-state index contributed by atoms with van der Waals surface area (Å²) < 4.78 is 0. The predicted octanol–water partition coefficient (Wildman–Crippen LogP) is 13.2. The van der Waals surface area contributed by atoms with E-state index in [1.807, 2.05) is 6.08 Å². The van der Waals surface area contributed by atoms with Gasteiger partial charge in [0.2, 0.25) is 5.91 Å². The summed E-state index contributed by atoms with van der Waals surface area (Å²) in [6, 6.07) is -0.765. The third-order valence-corrected chi connectivity index (χ3v) is 10.4. The van der Waals surface area contributed by atoms with Gasteiger partial charge in [0.15, 0.2) is 0 Å². The van der Waals surface area contributed by atoms with Crippen molar-refractivity contribution in [2.24, 2.45) is 0 Å². The molecule has 4 N–H and O–H groups in total. The standard InChI is InChI=1S/C47H89NO4/c1-3-5-7-9-11-13-15-17-19-21-22-23-25-27-29-31-33-35-37-39-41-46(51)45(43-49)48-47(52)42-44(50)40-38-36-34-32-30-28-26-24-20-18-16-14-12-10-8-6-4-2/h23,25,31,33,39,41,44-46,49-51H,3-22,24,26-30,32,34-38,40,42-43H2,1-2H3,(H,48,52)/b25-23+,33-31+,41-39+. The molecule has 0 heterocycles. The van der Waals surface area contributed by atoms with E-state index in [9.17, 15) is 20.1 Å². The first-order chi connectivity index (χ1) is 25.5. The molecule has 0 rings (SSSR count). The second kappa shape index (κ2) is 42.3. The van der Waals surface area contributed by atoms with Crippen molar-refractivity contribution in [3.05, 3.63) is 36.5 Å². The molecule has 0 aromatic carbocycles. The summed E-state index contributed by atoms with van der Waals surface area (Å²) in [5.41, 5.74) is 0. The molecule has 0 radical (unpaired) electrons. The summed E-state index contributed by atoms with van der Waals surface area (Å²) in [7, 11) is 0. The maximum atomic E-state index is 12.4. The number of hydrogen-bond acceptors (Lipinski definition) is 4. The van der Waals surface area contributed by atoms with Gasteiger partial charge in [0.25, 0.3) is 0 Å². The van der Waals surface area contributed by atoms with Crippen LogP contribution in [0.4, 0.5) is 0 Å². The van der Waals surface area contributed by atoms with E-state index in [4.69, 9.17) is 0 Å². The number of nitrogens with one attached hydrogen (secondary N) is 1. The van der Waals surface area contributed by atoms with E-state index < -0.39 is 18.2 Å². The predicted molar refractivity (Wildman–Crippen MR) is 227 cm³/mol. The van der Waals surface area contributed by atoms with Crippen molar-refractivity contribution >= 4 is 5.91 Å². The number of carbonyl (C=O) groups is 1. The smallest absolute Gasteiger partial charge is 0.222 e. The highest BCUT2D eigenvalue weighted by atomic mass is 16.3. The fraction of sp³-hybridized carbons (Fsp3) is 0.851. The normalized spacial score (nSPS) is 13.9. The van der Waals surface area contributed by atoms with Gasteiger partial charge in [-0.1, -0.05) is 217 Å². The molecule has 0 saturated carbocycles. The summed E-state index contributed by atoms with van der Waals surface area (Å²) in [5.74, 6) is -0.327. The van der Waals surface area contributed by atoms with Crippen molar-refractivity contribution in [3.8, 4) is 0 Å². The van der Waals surface area contributed by atoms with E-state index in [1.165, 1.54) is 167 Å². The van der Waals surface area contributed by atoms with E-state index in [1.54, 1.807) is 6.08 Å². The Balaban J connectivity index is 3.72. The van der Waals surface area contributed by atoms with Gasteiger partial charge in [-0.05, 0) is 44.9 Å². The van der Waals surface area contributed by atoms with Gasteiger partial charge in [-0.25, -0.2) is 0 Å². The molecule has 52 heavy (non-hydrogen) atoms. The van der Waals surface area contributed by atoms with Crippen LogP contribution in [0.2, 0.25) is 0 Å². The molecule has 1 amide bonds. The van der Waals surface area contributed by atoms with Crippen molar-refractivity contribution in [3.63, 3.8) is 0 Å². The lowest BCUT2D eigenvalue weighted by Crippen LogP contribution is -2.45. The van der Waals surface area contributed by atoms with Crippen LogP contribution < -0.4 is 5.32 Å². The molecule has 0 aromatic heterocycles. The molecule has 0 fully saturated rings. The molecular weight excluding hydrogens is 643 g/mol. The number of aliphatic hydroxyl groups is 3. The Hall–Kier alpha value is -1.43. The molecule has 0 aliphatic rings. The molecule has 5 nitrogen and oxygen atoms in total. The molecule has 0 saturated heterocycles. The van der Waals surface area contributed by atoms with Crippen LogP contribution in [0.15, 0.2) is 36.5 Å². The Morgan fingerprint density at radius 2 is 0.827 bits per heavy atom. The Bertz CT molecular complexity index is 809. The van der Waals surface area contributed by atoms with Crippen LogP contribution in [0.25, 0.3) is 0 Å². The summed E-state index contributed by atoms with van der Waals surface area (Å²) >= 11 is 0. The number of unbranched alkanes of at least 4 members (excludes halogenated alkanes) is 28. The van der Waals surface area contributed by atoms with Crippen LogP contribution >= 0.6 is 0 Å². The lowest BCUT2D eigenvalue weighted by Gasteiger charge is -2.21. The zero-order valence-electron chi connectivity index (χ0n) is 34.7. The summed E-state index contributed by atoms with van der Waals surface area (Å²) in [6.45, 7) is 4.21. The van der Waals surface area contributed by atoms with E-state index in [2.05, 4.69) is 43.5 Å². The Kier molecular flexibility index (Phi) is 41.1. The molecular formula is C47H89NO4. The minimum atomic E-state index is -0.958. The van der Waals surface area contributed by atoms with E-state index in [0.717, 1.165) is 38.5 Å². The average molecular weight is 732 g/mol. The molecule has 0 spiro atoms. The van der Waals surface area contributed by atoms with Crippen LogP contribution in [0.1, 0.15) is 232 Å². The van der Waals surface area contributed by atoms with Crippen LogP contribution in [-0.4, -0.2) is 46.1 Å². The van der Waals surface area contributed by atoms with Crippen LogP contribution in [0.5, 0.6) is 0 Å². The van der Waals surface area contributed by atoms with E-state index in [-0.39, 0.29) is 18.9 Å². The van der Waals surface area contributed by atoms with Crippen molar-refractivity contribution in [2.45, 2.75) is 250 Å². The number of allylic oxidation sites excluding steroid dienone is 5. The molecule has 0 bridgehead atoms. The van der Waals surface area contributed by atoms with Crippen molar-refractivity contribution in [2.75, 3.05) is 6.61 Å². The van der Waals surface area contributed by atoms with Crippen molar-refractivity contribution < 1.29 is 20.1 Å². The van der Waals surface area contributed by atoms with Gasteiger partial charge in [-0.3, -0.25) is 4.79 Å². The average Bonchev–Trinajstić information content (AvgIpc) is 3.14. The maximum absolute atomic E-state index is 12.4. The maximum Gasteiger partial charge on any atom is 0.222 e. The van der Waals surface area contributed by atoms with Gasteiger partial charge in [-0.15, -0.1) is 0 Å². The molecule has 3 atom stereocenters. The largest absolute Gasteiger partial charge is 0.394 e. The fourth-order valence-corrected chi connectivity index (χ4v) is 6.90. The minimum Gasteiger partial charge on any atom is -0.394 e. The van der Waals surface area contributed by atoms with E-state index in [0.29, 0.717) is 6.42 Å². The second-order valence-corrected chi connectivity index (χ2v) is 15.6. The van der Waals surface area contributed by atoms with Gasteiger partial charge < -0.3 is 20.6 Å². The van der Waals surface area contributed by atoms with Crippen LogP contribution in [0.3, 0.4) is 0 Å². The second-order valence-electron chi connectivity index (χ2n) is 15.6. The van der Waals surface area contributed by atoms with Gasteiger partial charge in [-0.2, -0.15) is 0 Å². The monoisotopic (exact) mass is 732 g/mol. The van der Waals surface area contributed by atoms with Gasteiger partial charge in [0.1, 0.15) is 0 Å². The SMILES string of the molecule is CCCCCCCCCCCC/C=C/CC/C=C/CC/C=C/C(O)C(CO)NC(=O)CC(O)CCCCCCCCCCCCCCCCCCC. The molecule has 0 aromatic rings. The lowest BCUT2D eigenvalue weighted by molar-refractivity contribution is -0.124. The molecule has 3 unspecified atom stereocenters. The Morgan fingerprint density at radius 1 is 0.481 bits per heavy atom. The number of rotatable bonds is 41. The van der Waals surface area contributed by atoms with Gasteiger partial charge >= 0.3 is 0 Å². The lowest BCUT2D eigenvalue weighted by atomic mass is 10.0. The number of carbonyl (C=O) groups excluding carboxylic acids is 1. The first-order valence-corrected chi connectivity index (χ1v) is 22.8. The Morgan fingerprint density at radius 3 is 1.23 bits per heavy atom. The summed E-state index contributed by atoms with van der Waals surface area (Å²) in [6.07, 6.45) is 52.9. The van der Waals surface area contributed by atoms with Crippen molar-refractivity contribution in [1.82, 2.24) is 5.32 Å². The third-order valence-electron chi connectivity index (χ3n) is 10.4. The quantitative estimate of drug-likeness (QED) is 0.0372. The van der Waals surface area contributed by atoms with Gasteiger partial charge in [0, 0.05) is 0 Å². The summed E-state index contributed by atoms with van der Waals surface area (Å²) in [5, 5.41) is 33.2. The fourth-order valence-electron chi connectivity index (χ4n) is 6.90. The number of amides is 1. The molecule has 0 aliphatic heterocycles. The first-order valence-electron chi connectivity index (χ1n) is 22.8. The third kappa shape index (κ3) is 38.3. The van der Waals surface area contributed by atoms with Gasteiger partial charge in [0.05, 0.1) is 31.3 Å². The zero-order chi connectivity index (χ0) is 38.0. The minimum absolute atomic E-state index is 0.00504. The number of hydrogen-bond donors (Lipinski definition) is 4. The topological polar surface area (TPSA) is 89.8 Å². The molecule has 0 aliphatic carbocycles. The molecule has 5 heteroatoms. The highest BCUT2D eigenvalue weighted by Gasteiger charge is 2.20. The molecule has 306 valence electrons. The van der Waals surface area contributed by atoms with Crippen LogP contribution in [-0.2, 0) is 4.79 Å². The number of aliphatic hydroxyl groups excluding tert-OH is 3. The van der Waals surface area contributed by atoms with E-state index >= 15 is 0 Å². The highest BCUT2D eigenvalue weighted by Crippen LogP contribution is 2.16.